The fourth-order valence-electron chi connectivity index (χ4n) is 3.20. The lowest BCUT2D eigenvalue weighted by Crippen LogP contribution is -2.38. The van der Waals surface area contributed by atoms with Crippen molar-refractivity contribution in [1.82, 2.24) is 10.2 Å². The highest BCUT2D eigenvalue weighted by atomic mass is 16.4. The minimum atomic E-state index is -1.03. The zero-order valence-electron chi connectivity index (χ0n) is 17.5. The van der Waals surface area contributed by atoms with E-state index in [9.17, 15) is 19.2 Å². The molecule has 4 amide bonds. The Kier molecular flexibility index (Phi) is 5.77. The summed E-state index contributed by atoms with van der Waals surface area (Å²) in [4.78, 5) is 48.9. The molecule has 1 aliphatic heterocycles. The molecule has 1 saturated heterocycles. The average molecular weight is 445 g/mol. The second-order valence-electron chi connectivity index (χ2n) is 7.38. The fourth-order valence-corrected chi connectivity index (χ4v) is 3.20. The number of imide groups is 1. The van der Waals surface area contributed by atoms with Gasteiger partial charge in [0.2, 0.25) is 5.91 Å². The van der Waals surface area contributed by atoms with Crippen LogP contribution >= 0.6 is 0 Å². The SMILES string of the molecule is Cc1ccc(NC(=O)CN2C(=O)N/C(=C/c3ccc(-c4ccc(C(=O)O)cc4)o3)C2=O)cc1. The number of urea groups is 1. The monoisotopic (exact) mass is 445 g/mol. The highest BCUT2D eigenvalue weighted by molar-refractivity contribution is 6.15. The van der Waals surface area contributed by atoms with Crippen LogP contribution in [0, 0.1) is 6.92 Å². The van der Waals surface area contributed by atoms with E-state index in [1.165, 1.54) is 18.2 Å². The third-order valence-electron chi connectivity index (χ3n) is 4.93. The summed E-state index contributed by atoms with van der Waals surface area (Å²) in [5.74, 6) is -1.41. The topological polar surface area (TPSA) is 129 Å². The average Bonchev–Trinajstić information content (AvgIpc) is 3.36. The quantitative estimate of drug-likeness (QED) is 0.394. The van der Waals surface area contributed by atoms with E-state index in [-0.39, 0.29) is 11.3 Å². The van der Waals surface area contributed by atoms with Gasteiger partial charge < -0.3 is 20.2 Å². The van der Waals surface area contributed by atoms with Crippen molar-refractivity contribution >= 4 is 35.6 Å². The van der Waals surface area contributed by atoms with Gasteiger partial charge in [0.1, 0.15) is 23.8 Å². The van der Waals surface area contributed by atoms with E-state index in [0.29, 0.717) is 22.8 Å². The first kappa shape index (κ1) is 21.6. The molecular formula is C24H19N3O6. The highest BCUT2D eigenvalue weighted by Gasteiger charge is 2.35. The van der Waals surface area contributed by atoms with Crippen LogP contribution in [-0.2, 0) is 9.59 Å². The molecule has 33 heavy (non-hydrogen) atoms. The number of nitrogens with zero attached hydrogens (tertiary/aromatic N) is 1. The molecule has 2 aromatic carbocycles. The summed E-state index contributed by atoms with van der Waals surface area (Å²) in [7, 11) is 0. The molecule has 9 heteroatoms. The van der Waals surface area contributed by atoms with E-state index in [0.717, 1.165) is 10.5 Å². The number of carbonyl (C=O) groups is 4. The first-order valence-corrected chi connectivity index (χ1v) is 9.95. The summed E-state index contributed by atoms with van der Waals surface area (Å²) in [6.45, 7) is 1.49. The fraction of sp³-hybridized carbons (Fsp3) is 0.0833. The summed E-state index contributed by atoms with van der Waals surface area (Å²) in [5, 5.41) is 14.1. The van der Waals surface area contributed by atoms with Crippen LogP contribution < -0.4 is 10.6 Å². The van der Waals surface area contributed by atoms with Gasteiger partial charge in [-0.1, -0.05) is 29.8 Å². The van der Waals surface area contributed by atoms with Crippen molar-refractivity contribution in [2.24, 2.45) is 0 Å². The molecule has 9 nitrogen and oxygen atoms in total. The molecule has 0 radical (unpaired) electrons. The number of aromatic carboxylic acids is 1. The number of nitrogens with one attached hydrogen (secondary N) is 2. The predicted molar refractivity (Wildman–Crippen MR) is 119 cm³/mol. The van der Waals surface area contributed by atoms with E-state index in [1.807, 2.05) is 19.1 Å². The van der Waals surface area contributed by atoms with Crippen LogP contribution in [0.5, 0.6) is 0 Å². The molecule has 3 aromatic rings. The van der Waals surface area contributed by atoms with Crippen LogP contribution in [0.3, 0.4) is 0 Å². The number of hydrogen-bond acceptors (Lipinski definition) is 5. The zero-order chi connectivity index (χ0) is 23.5. The molecule has 0 aliphatic carbocycles. The maximum atomic E-state index is 12.6. The number of amides is 4. The van der Waals surface area contributed by atoms with Crippen molar-refractivity contribution in [2.45, 2.75) is 6.92 Å². The van der Waals surface area contributed by atoms with Gasteiger partial charge in [-0.2, -0.15) is 0 Å². The predicted octanol–water partition coefficient (Wildman–Crippen LogP) is 3.48. The second kappa shape index (κ2) is 8.83. The summed E-state index contributed by atoms with van der Waals surface area (Å²) >= 11 is 0. The normalized spacial score (nSPS) is 14.5. The van der Waals surface area contributed by atoms with Crippen LogP contribution in [0.15, 0.2) is 70.8 Å². The Morgan fingerprint density at radius 1 is 1.03 bits per heavy atom. The Morgan fingerprint density at radius 2 is 1.73 bits per heavy atom. The van der Waals surface area contributed by atoms with Gasteiger partial charge in [-0.3, -0.25) is 9.59 Å². The van der Waals surface area contributed by atoms with Crippen LogP contribution in [0.25, 0.3) is 17.4 Å². The molecule has 166 valence electrons. The summed E-state index contributed by atoms with van der Waals surface area (Å²) in [5.41, 5.74) is 2.38. The third kappa shape index (κ3) is 4.82. The number of hydrogen-bond donors (Lipinski definition) is 3. The second-order valence-corrected chi connectivity index (χ2v) is 7.38. The van der Waals surface area contributed by atoms with E-state index in [1.54, 1.807) is 36.4 Å². The van der Waals surface area contributed by atoms with Gasteiger partial charge in [-0.05, 0) is 43.3 Å². The lowest BCUT2D eigenvalue weighted by molar-refractivity contribution is -0.127. The third-order valence-corrected chi connectivity index (χ3v) is 4.93. The van der Waals surface area contributed by atoms with Crippen molar-refractivity contribution in [3.63, 3.8) is 0 Å². The van der Waals surface area contributed by atoms with Crippen molar-refractivity contribution in [3.8, 4) is 11.3 Å². The molecule has 1 fully saturated rings. The maximum Gasteiger partial charge on any atom is 0.335 e. The van der Waals surface area contributed by atoms with E-state index >= 15 is 0 Å². The Hall–Kier alpha value is -4.66. The molecule has 0 spiro atoms. The number of furan rings is 1. The number of carboxylic acid groups (broad SMARTS) is 1. The first-order chi connectivity index (χ1) is 15.8. The Labute approximate surface area is 188 Å². The van der Waals surface area contributed by atoms with Gasteiger partial charge in [0, 0.05) is 17.3 Å². The molecule has 1 aromatic heterocycles. The molecular weight excluding hydrogens is 426 g/mol. The number of carboxylic acids is 1. The standard InChI is InChI=1S/C24H19N3O6/c1-14-2-8-17(9-3-14)25-21(28)13-27-22(29)19(26-24(27)32)12-18-10-11-20(33-18)15-4-6-16(7-5-15)23(30)31/h2-12H,13H2,1H3,(H,25,28)(H,26,32)(H,30,31)/b19-12+. The summed E-state index contributed by atoms with van der Waals surface area (Å²) in [6.07, 6.45) is 1.37. The number of rotatable bonds is 6. The molecule has 4 rings (SSSR count). The number of benzene rings is 2. The highest BCUT2D eigenvalue weighted by Crippen LogP contribution is 2.24. The van der Waals surface area contributed by atoms with Gasteiger partial charge in [0.25, 0.3) is 5.91 Å². The van der Waals surface area contributed by atoms with Gasteiger partial charge in [0.15, 0.2) is 0 Å². The first-order valence-electron chi connectivity index (χ1n) is 9.95. The van der Waals surface area contributed by atoms with Crippen molar-refractivity contribution < 1.29 is 28.7 Å². The zero-order valence-corrected chi connectivity index (χ0v) is 17.5. The molecule has 0 atom stereocenters. The molecule has 0 bridgehead atoms. The van der Waals surface area contributed by atoms with E-state index < -0.39 is 30.4 Å². The molecule has 0 saturated carbocycles. The molecule has 1 aliphatic rings. The van der Waals surface area contributed by atoms with Gasteiger partial charge in [0.05, 0.1) is 5.56 Å². The van der Waals surface area contributed by atoms with Crippen LogP contribution in [0.2, 0.25) is 0 Å². The van der Waals surface area contributed by atoms with Crippen LogP contribution in [-0.4, -0.2) is 40.4 Å². The van der Waals surface area contributed by atoms with Gasteiger partial charge in [-0.15, -0.1) is 0 Å². The van der Waals surface area contributed by atoms with Crippen LogP contribution in [0.1, 0.15) is 21.7 Å². The number of aryl methyl sites for hydroxylation is 1. The molecule has 2 heterocycles. The smallest absolute Gasteiger partial charge is 0.335 e. The molecule has 3 N–H and O–H groups in total. The van der Waals surface area contributed by atoms with E-state index in [2.05, 4.69) is 10.6 Å². The summed E-state index contributed by atoms with van der Waals surface area (Å²) in [6, 6.07) is 15.8. The maximum absolute atomic E-state index is 12.6. The van der Waals surface area contributed by atoms with Crippen molar-refractivity contribution in [1.29, 1.82) is 0 Å². The largest absolute Gasteiger partial charge is 0.478 e. The Bertz CT molecular complexity index is 1270. The lowest BCUT2D eigenvalue weighted by Gasteiger charge is -2.12. The minimum Gasteiger partial charge on any atom is -0.478 e. The number of carbonyl (C=O) groups excluding carboxylic acids is 3. The summed E-state index contributed by atoms with van der Waals surface area (Å²) < 4.78 is 5.70. The van der Waals surface area contributed by atoms with Gasteiger partial charge in [-0.25, -0.2) is 14.5 Å². The van der Waals surface area contributed by atoms with Crippen molar-refractivity contribution in [3.05, 3.63) is 83.2 Å². The number of anilines is 1. The van der Waals surface area contributed by atoms with E-state index in [4.69, 9.17) is 9.52 Å². The molecule has 0 unspecified atom stereocenters. The Balaban J connectivity index is 1.43. The van der Waals surface area contributed by atoms with Gasteiger partial charge >= 0.3 is 12.0 Å². The minimum absolute atomic E-state index is 0.0229. The lowest BCUT2D eigenvalue weighted by atomic mass is 10.1. The van der Waals surface area contributed by atoms with Crippen LogP contribution in [0.4, 0.5) is 10.5 Å². The van der Waals surface area contributed by atoms with Crippen molar-refractivity contribution in [2.75, 3.05) is 11.9 Å². The Morgan fingerprint density at radius 3 is 2.39 bits per heavy atom.